The van der Waals surface area contributed by atoms with Crippen molar-refractivity contribution in [2.24, 2.45) is 0 Å². The van der Waals surface area contributed by atoms with Crippen LogP contribution in [0.2, 0.25) is 5.02 Å². The lowest BCUT2D eigenvalue weighted by Gasteiger charge is -2.39. The zero-order valence-electron chi connectivity index (χ0n) is 19.9. The number of aromatic nitrogens is 5. The van der Waals surface area contributed by atoms with Gasteiger partial charge < -0.3 is 0 Å². The predicted molar refractivity (Wildman–Crippen MR) is 135 cm³/mol. The van der Waals surface area contributed by atoms with Crippen molar-refractivity contribution in [3.8, 4) is 0 Å². The van der Waals surface area contributed by atoms with Crippen LogP contribution >= 0.6 is 11.6 Å². The predicted octanol–water partition coefficient (Wildman–Crippen LogP) is 4.54. The zero-order chi connectivity index (χ0) is 23.7. The number of halogens is 1. The fourth-order valence-electron chi connectivity index (χ4n) is 4.68. The summed E-state index contributed by atoms with van der Waals surface area (Å²) in [4.78, 5) is 9.45. The summed E-state index contributed by atoms with van der Waals surface area (Å²) in [5.41, 5.74) is 3.12. The molecule has 8 heteroatoms. The molecule has 2 aromatic heterocycles. The molecule has 5 rings (SSSR count). The molecule has 0 radical (unpaired) electrons. The van der Waals surface area contributed by atoms with E-state index in [9.17, 15) is 0 Å². The van der Waals surface area contributed by atoms with Crippen molar-refractivity contribution >= 4 is 22.5 Å². The SMILES string of the molecule is CC(C)(C)n1nnnc1C(c1ccc2ncccc2c1)N1CCN(Cc2ccccc2Cl)CC1. The van der Waals surface area contributed by atoms with Crippen LogP contribution in [-0.2, 0) is 12.1 Å². The van der Waals surface area contributed by atoms with Crippen molar-refractivity contribution < 1.29 is 0 Å². The molecule has 0 N–H and O–H groups in total. The first-order valence-electron chi connectivity index (χ1n) is 11.7. The lowest BCUT2D eigenvalue weighted by molar-refractivity contribution is 0.0980. The Hall–Kier alpha value is -2.87. The standard InChI is InChI=1S/C26H30ClN7/c1-26(2,3)34-25(29-30-31-34)24(20-10-11-23-19(17-20)8-6-12-28-23)33-15-13-32(14-16-33)18-21-7-4-5-9-22(21)27/h4-12,17,24H,13-16,18H2,1-3H3. The number of pyridine rings is 1. The van der Waals surface area contributed by atoms with Crippen molar-refractivity contribution in [3.05, 3.63) is 82.8 Å². The van der Waals surface area contributed by atoms with Crippen molar-refractivity contribution in [1.82, 2.24) is 35.0 Å². The minimum absolute atomic E-state index is 0.0405. The van der Waals surface area contributed by atoms with Crippen LogP contribution in [0.25, 0.3) is 10.9 Å². The van der Waals surface area contributed by atoms with E-state index in [2.05, 4.69) is 81.4 Å². The lowest BCUT2D eigenvalue weighted by atomic mass is 9.99. The minimum atomic E-state index is -0.221. The van der Waals surface area contributed by atoms with E-state index < -0.39 is 0 Å². The van der Waals surface area contributed by atoms with Crippen LogP contribution in [0, 0.1) is 0 Å². The van der Waals surface area contributed by atoms with Crippen LogP contribution in [0.1, 0.15) is 43.8 Å². The van der Waals surface area contributed by atoms with Gasteiger partial charge in [-0.15, -0.1) is 5.10 Å². The fourth-order valence-corrected chi connectivity index (χ4v) is 4.87. The van der Waals surface area contributed by atoms with Gasteiger partial charge in [0.2, 0.25) is 0 Å². The largest absolute Gasteiger partial charge is 0.296 e. The van der Waals surface area contributed by atoms with Gasteiger partial charge >= 0.3 is 0 Å². The maximum absolute atomic E-state index is 6.41. The molecule has 1 aliphatic rings. The number of hydrogen-bond acceptors (Lipinski definition) is 6. The van der Waals surface area contributed by atoms with Gasteiger partial charge in [-0.2, -0.15) is 0 Å². The quantitative estimate of drug-likeness (QED) is 0.422. The van der Waals surface area contributed by atoms with E-state index in [4.69, 9.17) is 11.6 Å². The van der Waals surface area contributed by atoms with Crippen LogP contribution < -0.4 is 0 Å². The topological polar surface area (TPSA) is 63.0 Å². The number of tetrazole rings is 1. The van der Waals surface area contributed by atoms with Gasteiger partial charge in [-0.3, -0.25) is 14.8 Å². The lowest BCUT2D eigenvalue weighted by Crippen LogP contribution is -2.48. The maximum Gasteiger partial charge on any atom is 0.173 e. The second-order valence-electron chi connectivity index (χ2n) is 9.88. The Morgan fingerprint density at radius 2 is 1.76 bits per heavy atom. The number of benzene rings is 2. The fraction of sp³-hybridized carbons (Fsp3) is 0.385. The Morgan fingerprint density at radius 3 is 2.53 bits per heavy atom. The van der Waals surface area contributed by atoms with E-state index >= 15 is 0 Å². The van der Waals surface area contributed by atoms with E-state index in [1.165, 1.54) is 11.1 Å². The molecule has 0 saturated carbocycles. The third-order valence-electron chi connectivity index (χ3n) is 6.44. The van der Waals surface area contributed by atoms with Crippen molar-refractivity contribution in [1.29, 1.82) is 0 Å². The molecule has 0 aliphatic carbocycles. The number of fused-ring (bicyclic) bond motifs is 1. The molecule has 2 aromatic carbocycles. The molecule has 3 heterocycles. The van der Waals surface area contributed by atoms with Gasteiger partial charge in [-0.1, -0.05) is 41.9 Å². The summed E-state index contributed by atoms with van der Waals surface area (Å²) in [7, 11) is 0. The Labute approximate surface area is 205 Å². The Morgan fingerprint density at radius 1 is 0.971 bits per heavy atom. The van der Waals surface area contributed by atoms with Crippen molar-refractivity contribution in [2.45, 2.75) is 38.9 Å². The highest BCUT2D eigenvalue weighted by Crippen LogP contribution is 2.32. The molecule has 1 aliphatic heterocycles. The summed E-state index contributed by atoms with van der Waals surface area (Å²) in [6.07, 6.45) is 1.83. The number of rotatable bonds is 5. The second kappa shape index (κ2) is 9.41. The summed E-state index contributed by atoms with van der Waals surface area (Å²) >= 11 is 6.41. The highest BCUT2D eigenvalue weighted by atomic mass is 35.5. The van der Waals surface area contributed by atoms with Gasteiger partial charge in [0.15, 0.2) is 5.82 Å². The van der Waals surface area contributed by atoms with Crippen LogP contribution in [0.4, 0.5) is 0 Å². The Bertz CT molecular complexity index is 1270. The third kappa shape index (κ3) is 4.69. The van der Waals surface area contributed by atoms with Gasteiger partial charge in [-0.05, 0) is 66.6 Å². The normalized spacial score (nSPS) is 16.7. The average molecular weight is 476 g/mol. The molecule has 0 spiro atoms. The average Bonchev–Trinajstić information content (AvgIpc) is 3.32. The van der Waals surface area contributed by atoms with E-state index in [1.807, 2.05) is 35.1 Å². The van der Waals surface area contributed by atoms with Gasteiger partial charge in [0, 0.05) is 49.3 Å². The van der Waals surface area contributed by atoms with Gasteiger partial charge in [-0.25, -0.2) is 4.68 Å². The molecule has 0 bridgehead atoms. The highest BCUT2D eigenvalue weighted by Gasteiger charge is 2.33. The first kappa shape index (κ1) is 22.9. The first-order chi connectivity index (χ1) is 16.4. The summed E-state index contributed by atoms with van der Waals surface area (Å²) in [6, 6.07) is 18.6. The molecular weight excluding hydrogens is 446 g/mol. The van der Waals surface area contributed by atoms with Crippen LogP contribution in [0.5, 0.6) is 0 Å². The van der Waals surface area contributed by atoms with Crippen LogP contribution in [0.15, 0.2) is 60.8 Å². The minimum Gasteiger partial charge on any atom is -0.296 e. The van der Waals surface area contributed by atoms with Crippen LogP contribution in [0.3, 0.4) is 0 Å². The van der Waals surface area contributed by atoms with Crippen molar-refractivity contribution in [3.63, 3.8) is 0 Å². The summed E-state index contributed by atoms with van der Waals surface area (Å²) in [6.45, 7) is 11.0. The van der Waals surface area contributed by atoms with Crippen LogP contribution in [-0.4, -0.2) is 61.2 Å². The molecule has 176 valence electrons. The first-order valence-corrected chi connectivity index (χ1v) is 12.1. The van der Waals surface area contributed by atoms with Gasteiger partial charge in [0.1, 0.15) is 0 Å². The number of piperazine rings is 1. The summed E-state index contributed by atoms with van der Waals surface area (Å²) < 4.78 is 1.96. The molecule has 34 heavy (non-hydrogen) atoms. The van der Waals surface area contributed by atoms with E-state index in [0.717, 1.165) is 54.5 Å². The molecular formula is C26H30ClN7. The monoisotopic (exact) mass is 475 g/mol. The Kier molecular flexibility index (Phi) is 6.34. The number of hydrogen-bond donors (Lipinski definition) is 0. The van der Waals surface area contributed by atoms with E-state index in [1.54, 1.807) is 0 Å². The molecule has 1 unspecified atom stereocenters. The maximum atomic E-state index is 6.41. The van der Waals surface area contributed by atoms with Gasteiger partial charge in [0.25, 0.3) is 0 Å². The van der Waals surface area contributed by atoms with Crippen molar-refractivity contribution in [2.75, 3.05) is 26.2 Å². The zero-order valence-corrected chi connectivity index (χ0v) is 20.7. The van der Waals surface area contributed by atoms with E-state index in [-0.39, 0.29) is 11.6 Å². The smallest absolute Gasteiger partial charge is 0.173 e. The highest BCUT2D eigenvalue weighted by molar-refractivity contribution is 6.31. The third-order valence-corrected chi connectivity index (χ3v) is 6.81. The summed E-state index contributed by atoms with van der Waals surface area (Å²) in [5.74, 6) is 0.871. The molecule has 1 atom stereocenters. The number of nitrogens with zero attached hydrogens (tertiary/aromatic N) is 7. The Balaban J connectivity index is 1.45. The molecule has 7 nitrogen and oxygen atoms in total. The second-order valence-corrected chi connectivity index (χ2v) is 10.3. The molecule has 4 aromatic rings. The molecule has 0 amide bonds. The molecule has 1 saturated heterocycles. The van der Waals surface area contributed by atoms with Gasteiger partial charge in [0.05, 0.1) is 17.1 Å². The van der Waals surface area contributed by atoms with E-state index in [0.29, 0.717) is 0 Å². The molecule has 1 fully saturated rings. The summed E-state index contributed by atoms with van der Waals surface area (Å²) in [5, 5.41) is 14.9.